The van der Waals surface area contributed by atoms with Crippen LogP contribution in [0, 0.1) is 11.7 Å². The van der Waals surface area contributed by atoms with Crippen LogP contribution in [0.5, 0.6) is 0 Å². The van der Waals surface area contributed by atoms with Crippen LogP contribution in [0.2, 0.25) is 0 Å². The number of amidine groups is 1. The fourth-order valence-corrected chi connectivity index (χ4v) is 5.66. The molecule has 3 heterocycles. The number of hydrogen-bond acceptors (Lipinski definition) is 10. The summed E-state index contributed by atoms with van der Waals surface area (Å²) in [5.74, 6) is -3.85. The summed E-state index contributed by atoms with van der Waals surface area (Å²) >= 11 is 4.71. The number of aliphatic hydroxyl groups is 1. The Balaban J connectivity index is 0.000000947. The maximum absolute atomic E-state index is 15.0. The van der Waals surface area contributed by atoms with E-state index in [1.54, 1.807) is 41.6 Å². The first-order chi connectivity index (χ1) is 20.1. The zero-order chi connectivity index (χ0) is 31.3. The Labute approximate surface area is 256 Å². The fraction of sp³-hybridized carbons (Fsp3) is 0.500. The third kappa shape index (κ3) is 9.78. The summed E-state index contributed by atoms with van der Waals surface area (Å²) in [6, 6.07) is 3.37. The minimum Gasteiger partial charge on any atom is -0.400 e. The lowest BCUT2D eigenvalue weighted by Gasteiger charge is -2.40. The number of aldehydes is 2. The highest BCUT2D eigenvalue weighted by atomic mass is 79.9. The predicted octanol–water partition coefficient (Wildman–Crippen LogP) is 3.94. The average molecular weight is 677 g/mol. The number of likely N-dealkylation sites (tertiary alicyclic amines) is 1. The number of carbonyl (C=O) groups excluding carboxylic acids is 2. The highest BCUT2D eigenvalue weighted by Crippen LogP contribution is 2.37. The molecule has 1 aromatic heterocycles. The van der Waals surface area contributed by atoms with Crippen molar-refractivity contribution in [1.82, 2.24) is 20.1 Å². The lowest BCUT2D eigenvalue weighted by molar-refractivity contribution is -0.119. The van der Waals surface area contributed by atoms with E-state index in [1.165, 1.54) is 23.5 Å². The Morgan fingerprint density at radius 1 is 1.33 bits per heavy atom. The van der Waals surface area contributed by atoms with E-state index in [0.29, 0.717) is 51.3 Å². The molecule has 1 aromatic carbocycles. The SMILES string of the molecule is CCOC.CN(CC=O)CC1CCN(CC2=C(C=O)[C@H](c3ccc(F)cc3Br)N=C(c3nccs3)N2)CC1(F)F.CO. The molecule has 1 fully saturated rings. The number of carbonyl (C=O) groups is 2. The number of aromatic nitrogens is 1. The van der Waals surface area contributed by atoms with Crippen LogP contribution in [0.1, 0.15) is 30.0 Å². The van der Waals surface area contributed by atoms with Crippen molar-refractivity contribution in [2.75, 3.05) is 60.6 Å². The van der Waals surface area contributed by atoms with Crippen molar-refractivity contribution in [3.63, 3.8) is 0 Å². The number of aliphatic hydroxyl groups excluding tert-OH is 1. The Kier molecular flexibility index (Phi) is 14.9. The van der Waals surface area contributed by atoms with Gasteiger partial charge in [-0.15, -0.1) is 11.3 Å². The molecule has 0 saturated carbocycles. The summed E-state index contributed by atoms with van der Waals surface area (Å²) in [4.78, 5) is 35.2. The van der Waals surface area contributed by atoms with Crippen molar-refractivity contribution >= 4 is 45.7 Å². The minimum atomic E-state index is -2.96. The summed E-state index contributed by atoms with van der Waals surface area (Å²) < 4.78 is 48.8. The molecule has 2 N–H and O–H groups in total. The third-order valence-electron chi connectivity index (χ3n) is 6.60. The van der Waals surface area contributed by atoms with Crippen LogP contribution in [-0.4, -0.2) is 105 Å². The Hall–Kier alpha value is -2.49. The van der Waals surface area contributed by atoms with Crippen LogP contribution in [-0.2, 0) is 14.3 Å². The van der Waals surface area contributed by atoms with E-state index in [4.69, 9.17) is 5.11 Å². The van der Waals surface area contributed by atoms with Crippen molar-refractivity contribution < 1.29 is 32.6 Å². The van der Waals surface area contributed by atoms with Gasteiger partial charge in [0, 0.05) is 67.2 Å². The van der Waals surface area contributed by atoms with Gasteiger partial charge in [0.2, 0.25) is 0 Å². The molecule has 232 valence electrons. The van der Waals surface area contributed by atoms with Crippen LogP contribution in [0.15, 0.2) is 50.5 Å². The molecule has 0 aliphatic carbocycles. The van der Waals surface area contributed by atoms with Crippen molar-refractivity contribution in [3.05, 3.63) is 61.9 Å². The van der Waals surface area contributed by atoms with E-state index in [0.717, 1.165) is 13.7 Å². The monoisotopic (exact) mass is 675 g/mol. The minimum absolute atomic E-state index is 0.0836. The van der Waals surface area contributed by atoms with Crippen LogP contribution in [0.3, 0.4) is 0 Å². The topological polar surface area (TPSA) is 107 Å². The first kappa shape index (κ1) is 35.7. The maximum Gasteiger partial charge on any atom is 0.264 e. The van der Waals surface area contributed by atoms with Gasteiger partial charge in [-0.2, -0.15) is 0 Å². The number of likely N-dealkylation sites (N-methyl/N-ethyl adjacent to an activating group) is 1. The molecule has 9 nitrogen and oxygen atoms in total. The van der Waals surface area contributed by atoms with Gasteiger partial charge < -0.3 is 20.0 Å². The van der Waals surface area contributed by atoms with Crippen molar-refractivity contribution in [2.24, 2.45) is 10.9 Å². The second-order valence-corrected chi connectivity index (χ2v) is 11.2. The lowest BCUT2D eigenvalue weighted by atomic mass is 9.91. The molecule has 2 aliphatic heterocycles. The third-order valence-corrected chi connectivity index (χ3v) is 8.07. The molecule has 42 heavy (non-hydrogen) atoms. The number of ether oxygens (including phenoxy) is 1. The maximum atomic E-state index is 15.0. The van der Waals surface area contributed by atoms with Gasteiger partial charge in [0.25, 0.3) is 5.92 Å². The summed E-state index contributed by atoms with van der Waals surface area (Å²) in [6.45, 7) is 3.02. The molecular weight excluding hydrogens is 639 g/mol. The van der Waals surface area contributed by atoms with Gasteiger partial charge in [-0.1, -0.05) is 22.0 Å². The first-order valence-electron chi connectivity index (χ1n) is 13.2. The van der Waals surface area contributed by atoms with E-state index in [1.807, 2.05) is 6.92 Å². The summed E-state index contributed by atoms with van der Waals surface area (Å²) in [5.41, 5.74) is 1.33. The van der Waals surface area contributed by atoms with Gasteiger partial charge in [-0.25, -0.2) is 18.2 Å². The highest BCUT2D eigenvalue weighted by molar-refractivity contribution is 9.10. The van der Waals surface area contributed by atoms with E-state index in [-0.39, 0.29) is 26.1 Å². The zero-order valence-corrected chi connectivity index (χ0v) is 26.4. The predicted molar refractivity (Wildman–Crippen MR) is 160 cm³/mol. The number of nitrogens with zero attached hydrogens (tertiary/aromatic N) is 4. The van der Waals surface area contributed by atoms with Crippen molar-refractivity contribution in [1.29, 1.82) is 0 Å². The van der Waals surface area contributed by atoms with Crippen molar-refractivity contribution in [3.8, 4) is 0 Å². The number of alkyl halides is 2. The van der Waals surface area contributed by atoms with Crippen LogP contribution >= 0.6 is 27.3 Å². The summed E-state index contributed by atoms with van der Waals surface area (Å²) in [6.07, 6.45) is 3.25. The number of nitrogens with one attached hydrogen (secondary N) is 1. The second-order valence-electron chi connectivity index (χ2n) is 9.48. The molecule has 2 atom stereocenters. The summed E-state index contributed by atoms with van der Waals surface area (Å²) in [7, 11) is 4.33. The number of halogens is 4. The van der Waals surface area contributed by atoms with E-state index < -0.39 is 30.2 Å². The Morgan fingerprint density at radius 2 is 2.05 bits per heavy atom. The van der Waals surface area contributed by atoms with Crippen LogP contribution < -0.4 is 5.32 Å². The van der Waals surface area contributed by atoms with Crippen molar-refractivity contribution in [2.45, 2.75) is 25.3 Å². The van der Waals surface area contributed by atoms with Crippen LogP contribution in [0.25, 0.3) is 0 Å². The molecule has 2 aliphatic rings. The molecule has 1 saturated heterocycles. The first-order valence-corrected chi connectivity index (χ1v) is 14.8. The standard InChI is InChI=1S/C24H25BrF3N5O2S.C3H8O.CH4O/c1-32(7-8-34)11-15-4-6-33(14-24(15,27)28)12-20-18(13-35)21(17-3-2-16(26)10-19(17)25)31-22(30-20)23-29-5-9-36-23;1-3-4-2;1-2/h2-3,5,8-10,13,15,21H,4,6-7,11-12,14H2,1H3,(H,30,31);3H2,1-2H3;2H,1H3/t15?,21-;;/m0../s1. The molecule has 0 radical (unpaired) electrons. The highest BCUT2D eigenvalue weighted by Gasteiger charge is 2.45. The Morgan fingerprint density at radius 3 is 2.60 bits per heavy atom. The quantitative estimate of drug-likeness (QED) is 0.365. The molecule has 14 heteroatoms. The average Bonchev–Trinajstić information content (AvgIpc) is 3.51. The molecule has 0 spiro atoms. The van der Waals surface area contributed by atoms with Gasteiger partial charge in [-0.05, 0) is 44.6 Å². The van der Waals surface area contributed by atoms with Gasteiger partial charge in [0.1, 0.15) is 24.4 Å². The number of rotatable bonds is 10. The Bertz CT molecular complexity index is 1210. The molecule has 4 rings (SSSR count). The van der Waals surface area contributed by atoms with E-state index in [9.17, 15) is 14.0 Å². The largest absolute Gasteiger partial charge is 0.400 e. The lowest BCUT2D eigenvalue weighted by Crippen LogP contribution is -2.53. The van der Waals surface area contributed by atoms with Gasteiger partial charge in [0.15, 0.2) is 10.8 Å². The fourth-order valence-electron chi connectivity index (χ4n) is 4.50. The van der Waals surface area contributed by atoms with Crippen LogP contribution in [0.4, 0.5) is 13.2 Å². The molecular formula is C28H37BrF3N5O4S. The summed E-state index contributed by atoms with van der Waals surface area (Å²) in [5, 5.41) is 12.5. The zero-order valence-electron chi connectivity index (χ0n) is 24.0. The molecule has 0 amide bonds. The van der Waals surface area contributed by atoms with E-state index in [2.05, 4.69) is 36.0 Å². The van der Waals surface area contributed by atoms with Gasteiger partial charge in [0.05, 0.1) is 13.1 Å². The normalized spacial score (nSPS) is 20.0. The number of methoxy groups -OCH3 is 1. The number of aliphatic imine (C=N–C) groups is 1. The second kappa shape index (κ2) is 17.6. The number of hydrogen-bond donors (Lipinski definition) is 2. The number of thiazole rings is 1. The molecule has 2 aromatic rings. The van der Waals surface area contributed by atoms with E-state index >= 15 is 8.78 Å². The van der Waals surface area contributed by atoms with Gasteiger partial charge >= 0.3 is 0 Å². The number of piperidine rings is 1. The molecule has 1 unspecified atom stereocenters. The smallest absolute Gasteiger partial charge is 0.264 e. The van der Waals surface area contributed by atoms with Gasteiger partial charge in [-0.3, -0.25) is 19.6 Å². The molecule has 0 bridgehead atoms. The number of benzene rings is 1.